The maximum atomic E-state index is 11.8. The van der Waals surface area contributed by atoms with Crippen LogP contribution in [0.4, 0.5) is 0 Å². The summed E-state index contributed by atoms with van der Waals surface area (Å²) < 4.78 is 1.97. The minimum Gasteiger partial charge on any atom is -0.357 e. The molecule has 2 aromatic rings. The van der Waals surface area contributed by atoms with Gasteiger partial charge in [0.05, 0.1) is 0 Å². The van der Waals surface area contributed by atoms with E-state index >= 15 is 0 Å². The highest BCUT2D eigenvalue weighted by Gasteiger charge is 2.08. The van der Waals surface area contributed by atoms with Crippen LogP contribution in [0.25, 0.3) is 0 Å². The number of nitrogens with two attached hydrogens (primary N) is 1. The topological polar surface area (TPSA) is 60.0 Å². The van der Waals surface area contributed by atoms with Crippen molar-refractivity contribution in [2.24, 2.45) is 12.8 Å². The summed E-state index contributed by atoms with van der Waals surface area (Å²) in [6, 6.07) is 11.8. The molecule has 0 aliphatic carbocycles. The Morgan fingerprint density at radius 1 is 1.30 bits per heavy atom. The van der Waals surface area contributed by atoms with Crippen LogP contribution in [-0.4, -0.2) is 10.5 Å². The zero-order chi connectivity index (χ0) is 14.4. The van der Waals surface area contributed by atoms with E-state index in [1.54, 1.807) is 0 Å². The Balaban J connectivity index is 1.72. The normalized spacial score (nSPS) is 12.1. The first-order chi connectivity index (χ1) is 9.65. The van der Waals surface area contributed by atoms with Crippen LogP contribution in [0.1, 0.15) is 30.0 Å². The number of nitrogens with zero attached hydrogens (tertiary/aromatic N) is 1. The van der Waals surface area contributed by atoms with Gasteiger partial charge in [-0.2, -0.15) is 0 Å². The van der Waals surface area contributed by atoms with E-state index in [0.717, 1.165) is 11.1 Å². The molecule has 1 aromatic carbocycles. The van der Waals surface area contributed by atoms with Crippen LogP contribution in [0.2, 0.25) is 0 Å². The van der Waals surface area contributed by atoms with E-state index in [4.69, 9.17) is 5.73 Å². The third-order valence-electron chi connectivity index (χ3n) is 3.29. The number of amides is 1. The fraction of sp³-hybridized carbons (Fsp3) is 0.312. The first-order valence-electron chi connectivity index (χ1n) is 6.83. The van der Waals surface area contributed by atoms with Crippen LogP contribution < -0.4 is 11.1 Å². The molecule has 1 unspecified atom stereocenters. The van der Waals surface area contributed by atoms with Gasteiger partial charge in [0.2, 0.25) is 5.91 Å². The number of carbonyl (C=O) groups excluding carboxylic acids is 1. The molecule has 1 aromatic heterocycles. The summed E-state index contributed by atoms with van der Waals surface area (Å²) in [5, 5.41) is 2.91. The van der Waals surface area contributed by atoms with E-state index in [0.29, 0.717) is 19.4 Å². The van der Waals surface area contributed by atoms with Crippen LogP contribution in [0.3, 0.4) is 0 Å². The van der Waals surface area contributed by atoms with E-state index in [-0.39, 0.29) is 11.9 Å². The highest BCUT2D eigenvalue weighted by atomic mass is 16.1. The van der Waals surface area contributed by atoms with Crippen molar-refractivity contribution < 1.29 is 4.79 Å². The molecule has 106 valence electrons. The highest BCUT2D eigenvalue weighted by molar-refractivity contribution is 5.75. The predicted octanol–water partition coefficient (Wildman–Crippen LogP) is 2.12. The van der Waals surface area contributed by atoms with Crippen molar-refractivity contribution >= 4 is 5.91 Å². The summed E-state index contributed by atoms with van der Waals surface area (Å²) >= 11 is 0. The molecule has 4 nitrogen and oxygen atoms in total. The van der Waals surface area contributed by atoms with Crippen LogP contribution in [-0.2, 0) is 18.4 Å². The van der Waals surface area contributed by atoms with Gasteiger partial charge in [-0.05, 0) is 23.6 Å². The quantitative estimate of drug-likeness (QED) is 0.845. The number of hydrogen-bond donors (Lipinski definition) is 2. The van der Waals surface area contributed by atoms with Crippen molar-refractivity contribution in [1.29, 1.82) is 0 Å². The van der Waals surface area contributed by atoms with Gasteiger partial charge in [-0.1, -0.05) is 30.3 Å². The molecule has 0 bridgehead atoms. The van der Waals surface area contributed by atoms with E-state index < -0.39 is 0 Å². The van der Waals surface area contributed by atoms with Crippen molar-refractivity contribution in [1.82, 2.24) is 9.88 Å². The third-order valence-corrected chi connectivity index (χ3v) is 3.29. The summed E-state index contributed by atoms with van der Waals surface area (Å²) in [6.45, 7) is 0.570. The van der Waals surface area contributed by atoms with Crippen molar-refractivity contribution in [2.75, 3.05) is 0 Å². The number of aromatic nitrogens is 1. The average molecular weight is 271 g/mol. The third kappa shape index (κ3) is 4.24. The van der Waals surface area contributed by atoms with Crippen molar-refractivity contribution in [3.05, 3.63) is 59.9 Å². The fourth-order valence-corrected chi connectivity index (χ4v) is 2.11. The number of aryl methyl sites for hydroxylation is 1. The van der Waals surface area contributed by atoms with Crippen LogP contribution in [0, 0.1) is 0 Å². The van der Waals surface area contributed by atoms with Crippen LogP contribution >= 0.6 is 0 Å². The van der Waals surface area contributed by atoms with Crippen molar-refractivity contribution in [3.63, 3.8) is 0 Å². The molecule has 0 fully saturated rings. The standard InChI is InChI=1S/C16H21N3O/c1-19-10-9-13(12-19)11-18-16(20)8-7-15(17)14-5-3-2-4-6-14/h2-6,9-10,12,15H,7-8,11,17H2,1H3,(H,18,20). The Morgan fingerprint density at radius 3 is 2.70 bits per heavy atom. The lowest BCUT2D eigenvalue weighted by Crippen LogP contribution is -2.24. The molecular weight excluding hydrogens is 250 g/mol. The molecule has 0 saturated carbocycles. The van der Waals surface area contributed by atoms with Crippen molar-refractivity contribution in [2.45, 2.75) is 25.4 Å². The second kappa shape index (κ2) is 6.91. The number of rotatable bonds is 6. The summed E-state index contributed by atoms with van der Waals surface area (Å²) in [5.74, 6) is 0.0419. The molecule has 1 amide bonds. The van der Waals surface area contributed by atoms with Gasteiger partial charge in [0.1, 0.15) is 0 Å². The average Bonchev–Trinajstić information content (AvgIpc) is 2.89. The molecule has 0 spiro atoms. The first kappa shape index (κ1) is 14.3. The maximum Gasteiger partial charge on any atom is 0.220 e. The van der Waals surface area contributed by atoms with E-state index in [2.05, 4.69) is 5.32 Å². The number of carbonyl (C=O) groups is 1. The smallest absolute Gasteiger partial charge is 0.220 e. The molecule has 4 heteroatoms. The Bertz CT molecular complexity index is 548. The Morgan fingerprint density at radius 2 is 2.05 bits per heavy atom. The van der Waals surface area contributed by atoms with Gasteiger partial charge in [-0.3, -0.25) is 4.79 Å². The Labute approximate surface area is 119 Å². The molecule has 2 rings (SSSR count). The summed E-state index contributed by atoms with van der Waals surface area (Å²) in [7, 11) is 1.96. The Hall–Kier alpha value is -2.07. The Kier molecular flexibility index (Phi) is 4.96. The minimum absolute atomic E-state index is 0.0419. The van der Waals surface area contributed by atoms with Gasteiger partial charge in [0, 0.05) is 38.4 Å². The maximum absolute atomic E-state index is 11.8. The molecule has 0 radical (unpaired) electrons. The van der Waals surface area contributed by atoms with E-state index in [9.17, 15) is 4.79 Å². The molecule has 0 aliphatic rings. The summed E-state index contributed by atoms with van der Waals surface area (Å²) in [4.78, 5) is 11.8. The largest absolute Gasteiger partial charge is 0.357 e. The number of hydrogen-bond acceptors (Lipinski definition) is 2. The van der Waals surface area contributed by atoms with Gasteiger partial charge in [-0.15, -0.1) is 0 Å². The summed E-state index contributed by atoms with van der Waals surface area (Å²) in [5.41, 5.74) is 8.25. The first-order valence-corrected chi connectivity index (χ1v) is 6.83. The molecule has 0 saturated heterocycles. The monoisotopic (exact) mass is 271 g/mol. The van der Waals surface area contributed by atoms with Gasteiger partial charge >= 0.3 is 0 Å². The van der Waals surface area contributed by atoms with E-state index in [1.165, 1.54) is 0 Å². The van der Waals surface area contributed by atoms with Gasteiger partial charge in [0.15, 0.2) is 0 Å². The zero-order valence-electron chi connectivity index (χ0n) is 11.8. The minimum atomic E-state index is -0.0846. The molecule has 20 heavy (non-hydrogen) atoms. The van der Waals surface area contributed by atoms with Gasteiger partial charge in [-0.25, -0.2) is 0 Å². The highest BCUT2D eigenvalue weighted by Crippen LogP contribution is 2.14. The molecule has 1 heterocycles. The molecule has 3 N–H and O–H groups in total. The zero-order valence-corrected chi connectivity index (χ0v) is 11.8. The van der Waals surface area contributed by atoms with Crippen LogP contribution in [0.15, 0.2) is 48.8 Å². The summed E-state index contributed by atoms with van der Waals surface area (Å²) in [6.07, 6.45) is 5.07. The van der Waals surface area contributed by atoms with E-state index in [1.807, 2.05) is 60.4 Å². The lowest BCUT2D eigenvalue weighted by Gasteiger charge is -2.11. The second-order valence-electron chi connectivity index (χ2n) is 5.02. The number of benzene rings is 1. The molecule has 0 aliphatic heterocycles. The van der Waals surface area contributed by atoms with Crippen LogP contribution in [0.5, 0.6) is 0 Å². The fourth-order valence-electron chi connectivity index (χ4n) is 2.11. The van der Waals surface area contributed by atoms with Gasteiger partial charge < -0.3 is 15.6 Å². The van der Waals surface area contributed by atoms with Crippen molar-refractivity contribution in [3.8, 4) is 0 Å². The SMILES string of the molecule is Cn1ccc(CNC(=O)CCC(N)c2ccccc2)c1. The number of nitrogens with one attached hydrogen (secondary N) is 1. The second-order valence-corrected chi connectivity index (χ2v) is 5.02. The lowest BCUT2D eigenvalue weighted by atomic mass is 10.0. The molecule has 1 atom stereocenters. The molecular formula is C16H21N3O. The van der Waals surface area contributed by atoms with Gasteiger partial charge in [0.25, 0.3) is 0 Å². The lowest BCUT2D eigenvalue weighted by molar-refractivity contribution is -0.121. The predicted molar refractivity (Wildman–Crippen MR) is 79.9 cm³/mol.